The largest absolute Gasteiger partial charge is 3.00 e. The zero-order valence-electron chi connectivity index (χ0n) is 32.0. The van der Waals surface area contributed by atoms with Crippen molar-refractivity contribution >= 4 is 35.6 Å². The number of hydrogen-bond acceptors (Lipinski definition) is 12. The van der Waals surface area contributed by atoms with Crippen LogP contribution in [0.4, 0.5) is 0 Å². The summed E-state index contributed by atoms with van der Waals surface area (Å²) < 4.78 is -0.323. The summed E-state index contributed by atoms with van der Waals surface area (Å²) in [6.45, 7) is 1.95. The molecule has 3 aromatic rings. The summed E-state index contributed by atoms with van der Waals surface area (Å²) in [7, 11) is 0. The molecule has 0 unspecified atom stereocenters. The molecule has 1 N–H and O–H groups in total. The number of carboxylic acids is 3. The molecule has 1 aliphatic heterocycles. The van der Waals surface area contributed by atoms with Crippen LogP contribution in [-0.4, -0.2) is 134 Å². The molecule has 0 saturated carbocycles. The molecule has 0 atom stereocenters. The van der Waals surface area contributed by atoms with E-state index < -0.39 is 17.9 Å². The maximum absolute atomic E-state index is 13.0. The van der Waals surface area contributed by atoms with E-state index in [1.165, 1.54) is 16.7 Å². The Morgan fingerprint density at radius 2 is 0.821 bits per heavy atom. The van der Waals surface area contributed by atoms with Gasteiger partial charge in [-0.05, 0) is 35.3 Å². The van der Waals surface area contributed by atoms with Gasteiger partial charge in [-0.25, -0.2) is 0 Å². The van der Waals surface area contributed by atoms with E-state index in [0.29, 0.717) is 32.7 Å². The molecule has 4 rings (SSSR count). The van der Waals surface area contributed by atoms with Crippen LogP contribution >= 0.6 is 11.8 Å². The molecule has 0 aliphatic carbocycles. The number of amides is 1. The fourth-order valence-corrected chi connectivity index (χ4v) is 8.56. The van der Waals surface area contributed by atoms with Gasteiger partial charge >= 0.3 is 39.9 Å². The van der Waals surface area contributed by atoms with Crippen LogP contribution in [0.25, 0.3) is 0 Å². The van der Waals surface area contributed by atoms with E-state index in [0.717, 1.165) is 37.9 Å². The number of hydrogen-bond donors (Lipinski definition) is 1. The van der Waals surface area contributed by atoms with E-state index in [4.69, 9.17) is 0 Å². The van der Waals surface area contributed by atoms with Crippen LogP contribution in [-0.2, 0) is 23.9 Å². The van der Waals surface area contributed by atoms with Gasteiger partial charge in [0.15, 0.2) is 0 Å². The number of carboxylic acid groups (broad SMARTS) is 3. The first-order chi connectivity index (χ1) is 26.7. The monoisotopic (exact) mass is 930 g/mol. The average molecular weight is 930 g/mol. The van der Waals surface area contributed by atoms with Crippen molar-refractivity contribution in [3.8, 4) is 0 Å². The van der Waals surface area contributed by atoms with Gasteiger partial charge in [0.2, 0.25) is 5.91 Å². The molecule has 1 radical (unpaired) electrons. The van der Waals surface area contributed by atoms with Crippen LogP contribution in [0.1, 0.15) is 48.8 Å². The maximum Gasteiger partial charge on any atom is 3.00 e. The van der Waals surface area contributed by atoms with Crippen LogP contribution in [0.5, 0.6) is 0 Å². The second-order valence-electron chi connectivity index (χ2n) is 14.0. The molecule has 1 aliphatic rings. The quantitative estimate of drug-likeness (QED) is 0.122. The predicted molar refractivity (Wildman–Crippen MR) is 209 cm³/mol. The van der Waals surface area contributed by atoms with E-state index in [9.17, 15) is 34.5 Å². The maximum atomic E-state index is 13.0. The fraction of sp³-hybridized carbons (Fsp3) is 0.476. The minimum Gasteiger partial charge on any atom is -0.549 e. The number of rotatable bonds is 20. The van der Waals surface area contributed by atoms with Crippen LogP contribution in [0.2, 0.25) is 0 Å². The smallest absolute Gasteiger partial charge is 0.549 e. The van der Waals surface area contributed by atoms with E-state index in [1.54, 1.807) is 14.7 Å². The molecule has 56 heavy (non-hydrogen) atoms. The summed E-state index contributed by atoms with van der Waals surface area (Å²) >= 11 is 1.97. The molecule has 1 heterocycles. The Bertz CT molecular complexity index is 1480. The summed E-state index contributed by atoms with van der Waals surface area (Å²) in [5, 5.41) is 37.2. The van der Waals surface area contributed by atoms with Crippen molar-refractivity contribution in [2.75, 3.05) is 90.8 Å². The third-order valence-corrected chi connectivity index (χ3v) is 11.5. The number of carbonyl (C=O) groups is 4. The van der Waals surface area contributed by atoms with Gasteiger partial charge in [-0.1, -0.05) is 110 Å². The molecule has 303 valence electrons. The van der Waals surface area contributed by atoms with Crippen molar-refractivity contribution in [1.82, 2.24) is 24.9 Å². The Kier molecular flexibility index (Phi) is 22.1. The number of nitrogens with zero attached hydrogens (tertiary/aromatic N) is 4. The Hall–Kier alpha value is -2.95. The van der Waals surface area contributed by atoms with Crippen LogP contribution < -0.4 is 20.6 Å². The second kappa shape index (κ2) is 26.1. The first-order valence-electron chi connectivity index (χ1n) is 19.2. The minimum atomic E-state index is -1.27. The van der Waals surface area contributed by atoms with Crippen LogP contribution in [0.15, 0.2) is 91.0 Å². The van der Waals surface area contributed by atoms with Gasteiger partial charge in [0, 0.05) is 78.5 Å². The Balaban J connectivity index is 0.00000841. The summed E-state index contributed by atoms with van der Waals surface area (Å²) in [4.78, 5) is 54.0. The van der Waals surface area contributed by atoms with Crippen molar-refractivity contribution in [3.63, 3.8) is 0 Å². The van der Waals surface area contributed by atoms with Crippen LogP contribution in [0, 0.1) is 39.9 Å². The van der Waals surface area contributed by atoms with Gasteiger partial charge in [-0.2, -0.15) is 0 Å². The van der Waals surface area contributed by atoms with Crippen LogP contribution in [0.3, 0.4) is 0 Å². The molecule has 14 heteroatoms. The molecule has 0 bridgehead atoms. The molecule has 3 aromatic carbocycles. The number of benzene rings is 3. The average Bonchev–Trinajstić information content (AvgIpc) is 3.17. The molecule has 0 aromatic heterocycles. The standard InChI is InChI=1S/C42H57N5O7S.Gd/c48-38(31-44-22-24-45(32-39(49)50)26-28-47(34-41(53)54)29-27-46(25-23-44)33-40(51)52)43-21-13-2-1-3-14-30-55-42(35-15-7-4-8-16-35,36-17-9-5-10-18-36)37-19-11-6-12-20-37;/h4-12,15-20H,1-3,13-14,21-34H2,(H,43,48)(H,49,50)(H,51,52)(H,53,54);/q;+3/p-3. The Morgan fingerprint density at radius 3 is 1.18 bits per heavy atom. The van der Waals surface area contributed by atoms with Gasteiger partial charge < -0.3 is 35.0 Å². The first-order valence-corrected chi connectivity index (χ1v) is 20.2. The summed E-state index contributed by atoms with van der Waals surface area (Å²) in [6.07, 6.45) is 5.04. The SMILES string of the molecule is O=C([O-])CN1CCN(CC(=O)[O-])CCN(CC(=O)NCCCCCCCSC(c2ccccc2)(c2ccccc2)c2ccccc2)CCN(CC(=O)[O-])CC1.[Gd+3]. The van der Waals surface area contributed by atoms with E-state index in [2.05, 4.69) is 96.3 Å². The molecule has 1 amide bonds. The van der Waals surface area contributed by atoms with Crippen molar-refractivity contribution in [2.45, 2.75) is 36.9 Å². The van der Waals surface area contributed by atoms with Crippen molar-refractivity contribution in [1.29, 1.82) is 0 Å². The normalized spacial score (nSPS) is 15.5. The zero-order valence-corrected chi connectivity index (χ0v) is 35.1. The number of thioether (sulfide) groups is 1. The topological polar surface area (TPSA) is 162 Å². The molecular weight excluding hydrogens is 876 g/mol. The van der Waals surface area contributed by atoms with Gasteiger partial charge in [-0.3, -0.25) is 24.4 Å². The fourth-order valence-electron chi connectivity index (χ4n) is 7.00. The molecule has 1 fully saturated rings. The summed E-state index contributed by atoms with van der Waals surface area (Å²) in [5.41, 5.74) is 3.77. The van der Waals surface area contributed by atoms with E-state index >= 15 is 0 Å². The van der Waals surface area contributed by atoms with Gasteiger partial charge in [-0.15, -0.1) is 11.8 Å². The van der Waals surface area contributed by atoms with Gasteiger partial charge in [0.25, 0.3) is 0 Å². The molecular formula is C42H54GdN5O7S. The molecule has 12 nitrogen and oxygen atoms in total. The number of nitrogens with one attached hydrogen (secondary N) is 1. The van der Waals surface area contributed by atoms with Gasteiger partial charge in [0.1, 0.15) is 0 Å². The minimum absolute atomic E-state index is 0. The summed E-state index contributed by atoms with van der Waals surface area (Å²) in [6, 6.07) is 32.1. The molecule has 1 saturated heterocycles. The van der Waals surface area contributed by atoms with E-state index in [1.807, 2.05) is 16.7 Å². The third-order valence-electron chi connectivity index (χ3n) is 9.86. The number of aliphatic carboxylic acids is 3. The summed E-state index contributed by atoms with van der Waals surface area (Å²) in [5.74, 6) is -2.93. The number of unbranched alkanes of at least 4 members (excludes halogenated alkanes) is 4. The van der Waals surface area contributed by atoms with Crippen molar-refractivity contribution in [2.24, 2.45) is 0 Å². The van der Waals surface area contributed by atoms with E-state index in [-0.39, 0.29) is 103 Å². The van der Waals surface area contributed by atoms with Crippen molar-refractivity contribution < 1.29 is 74.4 Å². The Labute approximate surface area is 367 Å². The Morgan fingerprint density at radius 1 is 0.500 bits per heavy atom. The number of carbonyl (C=O) groups excluding carboxylic acids is 4. The third kappa shape index (κ3) is 16.5. The van der Waals surface area contributed by atoms with Gasteiger partial charge in [0.05, 0.1) is 29.2 Å². The van der Waals surface area contributed by atoms with Crippen molar-refractivity contribution in [3.05, 3.63) is 108 Å². The zero-order chi connectivity index (χ0) is 39.3. The second-order valence-corrected chi connectivity index (χ2v) is 15.3. The first kappa shape index (κ1) is 47.4. The molecule has 0 spiro atoms. The predicted octanol–water partition coefficient (Wildman–Crippen LogP) is 0.250.